The third-order valence-electron chi connectivity index (χ3n) is 3.25. The Morgan fingerprint density at radius 2 is 1.87 bits per heavy atom. The average molecular weight is 333 g/mol. The zero-order valence-corrected chi connectivity index (χ0v) is 13.0. The summed E-state index contributed by atoms with van der Waals surface area (Å²) in [5.74, 6) is 0.282. The lowest BCUT2D eigenvalue weighted by atomic mass is 10.1. The highest BCUT2D eigenvalue weighted by Gasteiger charge is 2.14. The molecule has 0 aliphatic rings. The maximum atomic E-state index is 12.6. The second-order valence-electron chi connectivity index (χ2n) is 4.96. The van der Waals surface area contributed by atoms with E-state index in [1.54, 1.807) is 41.8 Å². The first-order chi connectivity index (χ1) is 11.0. The monoisotopic (exact) mass is 333 g/mol. The van der Waals surface area contributed by atoms with Crippen LogP contribution >= 0.6 is 11.3 Å². The largest absolute Gasteiger partial charge is 0.508 e. The molecule has 3 aromatic rings. The number of aryl methyl sites for hydroxylation is 1. The van der Waals surface area contributed by atoms with Gasteiger partial charge in [-0.05, 0) is 43.3 Å². The van der Waals surface area contributed by atoms with E-state index < -0.39 is 6.61 Å². The number of hydrogen-bond donors (Lipinski definition) is 1. The summed E-state index contributed by atoms with van der Waals surface area (Å²) in [4.78, 5) is 4.50. The summed E-state index contributed by atoms with van der Waals surface area (Å²) < 4.78 is 29.7. The van der Waals surface area contributed by atoms with Crippen LogP contribution in [0.15, 0.2) is 47.8 Å². The van der Waals surface area contributed by atoms with Gasteiger partial charge >= 0.3 is 6.61 Å². The Balaban J connectivity index is 1.99. The van der Waals surface area contributed by atoms with Crippen molar-refractivity contribution >= 4 is 11.3 Å². The van der Waals surface area contributed by atoms with Crippen molar-refractivity contribution in [3.8, 4) is 33.3 Å². The van der Waals surface area contributed by atoms with E-state index in [1.807, 2.05) is 6.92 Å². The summed E-state index contributed by atoms with van der Waals surface area (Å²) in [5.41, 5.74) is 2.90. The smallest absolute Gasteiger partial charge is 0.387 e. The van der Waals surface area contributed by atoms with Crippen molar-refractivity contribution < 1.29 is 18.6 Å². The Hall–Kier alpha value is -2.47. The van der Waals surface area contributed by atoms with Gasteiger partial charge in [-0.3, -0.25) is 0 Å². The van der Waals surface area contributed by atoms with E-state index in [-0.39, 0.29) is 11.5 Å². The van der Waals surface area contributed by atoms with Crippen LogP contribution in [-0.4, -0.2) is 16.7 Å². The summed E-state index contributed by atoms with van der Waals surface area (Å²) in [6, 6.07) is 11.7. The van der Waals surface area contributed by atoms with Crippen molar-refractivity contribution in [2.75, 3.05) is 0 Å². The summed E-state index contributed by atoms with van der Waals surface area (Å²) >= 11 is 1.40. The minimum absolute atomic E-state index is 0.105. The number of nitrogens with zero attached hydrogens (tertiary/aromatic N) is 1. The average Bonchev–Trinajstić information content (AvgIpc) is 2.99. The number of phenolic OH excluding ortho intramolecular Hbond substituents is 1. The maximum absolute atomic E-state index is 12.6. The first kappa shape index (κ1) is 15.4. The summed E-state index contributed by atoms with van der Waals surface area (Å²) in [5, 5.41) is 11.9. The van der Waals surface area contributed by atoms with E-state index in [0.717, 1.165) is 16.1 Å². The molecule has 0 fully saturated rings. The van der Waals surface area contributed by atoms with E-state index >= 15 is 0 Å². The lowest BCUT2D eigenvalue weighted by Gasteiger charge is -2.09. The fourth-order valence-electron chi connectivity index (χ4n) is 2.18. The fourth-order valence-corrected chi connectivity index (χ4v) is 3.00. The van der Waals surface area contributed by atoms with Crippen LogP contribution in [0, 0.1) is 6.92 Å². The van der Waals surface area contributed by atoms with Crippen LogP contribution < -0.4 is 4.74 Å². The second kappa shape index (κ2) is 6.34. The van der Waals surface area contributed by atoms with Gasteiger partial charge in [-0.25, -0.2) is 4.98 Å². The van der Waals surface area contributed by atoms with Crippen molar-refractivity contribution in [1.29, 1.82) is 0 Å². The van der Waals surface area contributed by atoms with Crippen molar-refractivity contribution in [2.45, 2.75) is 13.5 Å². The summed E-state index contributed by atoms with van der Waals surface area (Å²) in [7, 11) is 0. The van der Waals surface area contributed by atoms with Crippen LogP contribution in [0.3, 0.4) is 0 Å². The molecule has 6 heteroatoms. The van der Waals surface area contributed by atoms with Gasteiger partial charge < -0.3 is 9.84 Å². The van der Waals surface area contributed by atoms with Gasteiger partial charge in [-0.1, -0.05) is 11.6 Å². The Kier molecular flexibility index (Phi) is 4.25. The Morgan fingerprint density at radius 3 is 2.57 bits per heavy atom. The number of alkyl halides is 2. The van der Waals surface area contributed by atoms with Gasteiger partial charge in [0.25, 0.3) is 0 Å². The van der Waals surface area contributed by atoms with Crippen LogP contribution in [0.4, 0.5) is 8.78 Å². The number of hydrogen-bond acceptors (Lipinski definition) is 4. The predicted octanol–water partition coefficient (Wildman–Crippen LogP) is 5.09. The quantitative estimate of drug-likeness (QED) is 0.723. The third-order valence-corrected chi connectivity index (χ3v) is 4.14. The number of ether oxygens (including phenoxy) is 1. The van der Waals surface area contributed by atoms with Gasteiger partial charge in [-0.2, -0.15) is 8.78 Å². The maximum Gasteiger partial charge on any atom is 0.387 e. The highest BCUT2D eigenvalue weighted by Crippen LogP contribution is 2.35. The number of aromatic hydroxyl groups is 1. The minimum atomic E-state index is -2.88. The van der Waals surface area contributed by atoms with E-state index in [4.69, 9.17) is 0 Å². The summed E-state index contributed by atoms with van der Waals surface area (Å²) in [6.07, 6.45) is 0. The molecule has 2 aromatic carbocycles. The van der Waals surface area contributed by atoms with Crippen molar-refractivity contribution in [3.05, 3.63) is 53.4 Å². The molecule has 1 aromatic heterocycles. The molecule has 3 rings (SSSR count). The van der Waals surface area contributed by atoms with Crippen LogP contribution in [0.5, 0.6) is 11.5 Å². The fraction of sp³-hybridized carbons (Fsp3) is 0.118. The van der Waals surface area contributed by atoms with E-state index in [0.29, 0.717) is 11.3 Å². The molecule has 0 aliphatic carbocycles. The SMILES string of the molecule is Cc1ccc(OC(F)F)c(-c2csc(-c3ccc(O)cc3)n2)c1. The standard InChI is InChI=1S/C17H13F2NO2S/c1-10-2-7-15(22-17(18)19)13(8-10)14-9-23-16(20-14)11-3-5-12(21)6-4-11/h2-9,17,21H,1H3. The Morgan fingerprint density at radius 1 is 1.13 bits per heavy atom. The van der Waals surface area contributed by atoms with E-state index in [2.05, 4.69) is 9.72 Å². The molecule has 0 amide bonds. The molecular formula is C17H13F2NO2S. The highest BCUT2D eigenvalue weighted by molar-refractivity contribution is 7.13. The molecule has 3 nitrogen and oxygen atoms in total. The molecule has 0 saturated heterocycles. The Labute approximate surface area is 135 Å². The summed E-state index contributed by atoms with van der Waals surface area (Å²) in [6.45, 7) is -1.00. The second-order valence-corrected chi connectivity index (χ2v) is 5.82. The number of rotatable bonds is 4. The molecule has 0 unspecified atom stereocenters. The van der Waals surface area contributed by atoms with Crippen LogP contribution in [0.1, 0.15) is 5.56 Å². The van der Waals surface area contributed by atoms with E-state index in [9.17, 15) is 13.9 Å². The molecule has 0 spiro atoms. The molecule has 0 saturated carbocycles. The Bertz CT molecular complexity index is 816. The highest BCUT2D eigenvalue weighted by atomic mass is 32.1. The molecule has 1 N–H and O–H groups in total. The lowest BCUT2D eigenvalue weighted by Crippen LogP contribution is -2.03. The normalized spacial score (nSPS) is 11.0. The number of halogens is 2. The van der Waals surface area contributed by atoms with Crippen LogP contribution in [0.25, 0.3) is 21.8 Å². The zero-order chi connectivity index (χ0) is 16.4. The zero-order valence-electron chi connectivity index (χ0n) is 12.2. The minimum Gasteiger partial charge on any atom is -0.508 e. The topological polar surface area (TPSA) is 42.4 Å². The predicted molar refractivity (Wildman–Crippen MR) is 86.0 cm³/mol. The van der Waals surface area contributed by atoms with E-state index in [1.165, 1.54) is 17.4 Å². The first-order valence-corrected chi connectivity index (χ1v) is 7.71. The molecule has 0 bridgehead atoms. The van der Waals surface area contributed by atoms with Crippen LogP contribution in [-0.2, 0) is 0 Å². The van der Waals surface area contributed by atoms with Crippen LogP contribution in [0.2, 0.25) is 0 Å². The van der Waals surface area contributed by atoms with Crippen molar-refractivity contribution in [2.24, 2.45) is 0 Å². The first-order valence-electron chi connectivity index (χ1n) is 6.83. The van der Waals surface area contributed by atoms with Crippen molar-refractivity contribution in [3.63, 3.8) is 0 Å². The molecule has 1 heterocycles. The molecular weight excluding hydrogens is 320 g/mol. The third kappa shape index (κ3) is 3.48. The molecule has 0 aliphatic heterocycles. The molecule has 0 atom stereocenters. The molecule has 23 heavy (non-hydrogen) atoms. The van der Waals surface area contributed by atoms with Crippen molar-refractivity contribution in [1.82, 2.24) is 4.98 Å². The molecule has 118 valence electrons. The number of aromatic nitrogens is 1. The van der Waals surface area contributed by atoms with Gasteiger partial charge in [0.05, 0.1) is 5.69 Å². The van der Waals surface area contributed by atoms with Gasteiger partial charge in [0.2, 0.25) is 0 Å². The number of benzene rings is 2. The number of thiazole rings is 1. The van der Waals surface area contributed by atoms with Gasteiger partial charge in [0.1, 0.15) is 16.5 Å². The van der Waals surface area contributed by atoms with Gasteiger partial charge in [0, 0.05) is 16.5 Å². The van der Waals surface area contributed by atoms with Gasteiger partial charge in [-0.15, -0.1) is 11.3 Å². The number of phenols is 1. The lowest BCUT2D eigenvalue weighted by molar-refractivity contribution is -0.0494. The van der Waals surface area contributed by atoms with Gasteiger partial charge in [0.15, 0.2) is 0 Å². The molecule has 0 radical (unpaired) electrons.